The highest BCUT2D eigenvalue weighted by molar-refractivity contribution is 7.71. The van der Waals surface area contributed by atoms with E-state index in [9.17, 15) is 14.9 Å². The third kappa shape index (κ3) is 4.19. The molecule has 0 aliphatic rings. The molecule has 1 heterocycles. The first-order valence-electron chi connectivity index (χ1n) is 7.77. The molecule has 11 heteroatoms. The fourth-order valence-corrected chi connectivity index (χ4v) is 2.46. The van der Waals surface area contributed by atoms with Crippen LogP contribution in [0.25, 0.3) is 0 Å². The first-order chi connectivity index (χ1) is 12.6. The Bertz CT molecular complexity index is 1020. The van der Waals surface area contributed by atoms with E-state index in [0.717, 1.165) is 4.68 Å². The molecule has 0 aliphatic heterocycles. The molecule has 1 aromatic heterocycles. The maximum Gasteiger partial charge on any atom is 0.315 e. The summed E-state index contributed by atoms with van der Waals surface area (Å²) < 4.78 is 11.2. The van der Waals surface area contributed by atoms with Gasteiger partial charge < -0.3 is 9.47 Å². The summed E-state index contributed by atoms with van der Waals surface area (Å²) in [5.41, 5.74) is -0.699. The van der Waals surface area contributed by atoms with Gasteiger partial charge in [0.1, 0.15) is 5.69 Å². The Hall–Kier alpha value is -3.08. The summed E-state index contributed by atoms with van der Waals surface area (Å²) in [7, 11) is 2.67. The van der Waals surface area contributed by atoms with E-state index in [1.807, 2.05) is 20.8 Å². The SMILES string of the molecule is COc1cc(/C=N\n2c(=S)[nH]nc(C(C)(C)C)c2=O)cc([N+](=O)[O-])c1OC. The van der Waals surface area contributed by atoms with Gasteiger partial charge in [0, 0.05) is 17.0 Å². The van der Waals surface area contributed by atoms with Crippen molar-refractivity contribution in [3.05, 3.63) is 48.6 Å². The van der Waals surface area contributed by atoms with Crippen molar-refractivity contribution in [1.29, 1.82) is 0 Å². The van der Waals surface area contributed by atoms with E-state index in [-0.39, 0.29) is 27.7 Å². The van der Waals surface area contributed by atoms with E-state index in [1.165, 1.54) is 32.6 Å². The molecule has 2 rings (SSSR count). The highest BCUT2D eigenvalue weighted by Gasteiger charge is 2.23. The molecule has 0 radical (unpaired) electrons. The van der Waals surface area contributed by atoms with Crippen LogP contribution in [0.3, 0.4) is 0 Å². The molecule has 0 bridgehead atoms. The molecule has 10 nitrogen and oxygen atoms in total. The molecule has 0 unspecified atom stereocenters. The molecule has 0 saturated carbocycles. The van der Waals surface area contributed by atoms with Gasteiger partial charge in [-0.1, -0.05) is 20.8 Å². The lowest BCUT2D eigenvalue weighted by molar-refractivity contribution is -0.385. The molecule has 0 atom stereocenters. The van der Waals surface area contributed by atoms with Crippen molar-refractivity contribution in [1.82, 2.24) is 14.9 Å². The number of nitrogens with zero attached hydrogens (tertiary/aromatic N) is 4. The van der Waals surface area contributed by atoms with Gasteiger partial charge in [-0.05, 0) is 18.3 Å². The summed E-state index contributed by atoms with van der Waals surface area (Å²) in [5.74, 6) is 0.156. The van der Waals surface area contributed by atoms with Crippen molar-refractivity contribution in [3.8, 4) is 11.5 Å². The number of methoxy groups -OCH3 is 2. The summed E-state index contributed by atoms with van der Waals surface area (Å²) in [6.07, 6.45) is 1.27. The number of rotatable bonds is 5. The first kappa shape index (κ1) is 20.2. The summed E-state index contributed by atoms with van der Waals surface area (Å²) in [4.78, 5) is 23.3. The average Bonchev–Trinajstić information content (AvgIpc) is 2.59. The van der Waals surface area contributed by atoms with Gasteiger partial charge in [0.15, 0.2) is 5.75 Å². The van der Waals surface area contributed by atoms with Crippen LogP contribution >= 0.6 is 12.2 Å². The quantitative estimate of drug-likeness (QED) is 0.358. The van der Waals surface area contributed by atoms with Crippen LogP contribution in [0.5, 0.6) is 11.5 Å². The third-order valence-electron chi connectivity index (χ3n) is 3.56. The van der Waals surface area contributed by atoms with E-state index >= 15 is 0 Å². The number of ether oxygens (including phenoxy) is 2. The second-order valence-electron chi connectivity index (χ2n) is 6.52. The van der Waals surface area contributed by atoms with Crippen LogP contribution in [0.2, 0.25) is 0 Å². The maximum atomic E-state index is 12.6. The van der Waals surface area contributed by atoms with Gasteiger partial charge in [-0.2, -0.15) is 14.9 Å². The van der Waals surface area contributed by atoms with Crippen LogP contribution in [0, 0.1) is 14.9 Å². The van der Waals surface area contributed by atoms with Gasteiger partial charge in [-0.25, -0.2) is 0 Å². The smallest absolute Gasteiger partial charge is 0.315 e. The molecule has 27 heavy (non-hydrogen) atoms. The molecule has 0 aliphatic carbocycles. The molecular weight excluding hydrogens is 374 g/mol. The van der Waals surface area contributed by atoms with Crippen LogP contribution in [-0.4, -0.2) is 40.2 Å². The lowest BCUT2D eigenvalue weighted by Crippen LogP contribution is -2.32. The van der Waals surface area contributed by atoms with E-state index in [1.54, 1.807) is 0 Å². The minimum Gasteiger partial charge on any atom is -0.493 e. The highest BCUT2D eigenvalue weighted by atomic mass is 32.1. The van der Waals surface area contributed by atoms with E-state index in [2.05, 4.69) is 15.3 Å². The second-order valence-corrected chi connectivity index (χ2v) is 6.91. The third-order valence-corrected chi connectivity index (χ3v) is 3.83. The van der Waals surface area contributed by atoms with Crippen LogP contribution in [0.15, 0.2) is 22.0 Å². The largest absolute Gasteiger partial charge is 0.493 e. The minimum atomic E-state index is -0.596. The number of hydrogen-bond acceptors (Lipinski definition) is 8. The van der Waals surface area contributed by atoms with Gasteiger partial charge in [0.05, 0.1) is 25.4 Å². The Balaban J connectivity index is 2.60. The number of H-pyrrole nitrogens is 1. The normalized spacial score (nSPS) is 11.6. The molecule has 0 fully saturated rings. The van der Waals surface area contributed by atoms with Gasteiger partial charge in [0.25, 0.3) is 5.56 Å². The lowest BCUT2D eigenvalue weighted by atomic mass is 9.93. The summed E-state index contributed by atoms with van der Waals surface area (Å²) >= 11 is 5.07. The van der Waals surface area contributed by atoms with Crippen molar-refractivity contribution in [3.63, 3.8) is 0 Å². The maximum absolute atomic E-state index is 12.6. The summed E-state index contributed by atoms with van der Waals surface area (Å²) in [5, 5.41) is 21.9. The molecule has 1 aromatic carbocycles. The molecule has 1 N–H and O–H groups in total. The molecule has 0 amide bonds. The number of hydrogen-bond donors (Lipinski definition) is 1. The monoisotopic (exact) mass is 393 g/mol. The predicted octanol–water partition coefficient (Wildman–Crippen LogP) is 2.41. The van der Waals surface area contributed by atoms with E-state index in [4.69, 9.17) is 21.7 Å². The van der Waals surface area contributed by atoms with Gasteiger partial charge in [0.2, 0.25) is 10.5 Å². The van der Waals surface area contributed by atoms with Gasteiger partial charge >= 0.3 is 5.69 Å². The zero-order chi connectivity index (χ0) is 20.4. The van der Waals surface area contributed by atoms with Crippen LogP contribution in [-0.2, 0) is 5.41 Å². The van der Waals surface area contributed by atoms with Crippen molar-refractivity contribution in [2.75, 3.05) is 14.2 Å². The molecular formula is C16H19N5O5S. The number of aromatic nitrogens is 3. The number of nitro groups is 1. The summed E-state index contributed by atoms with van der Waals surface area (Å²) in [6, 6.07) is 2.76. The second kappa shape index (κ2) is 7.66. The Morgan fingerprint density at radius 3 is 2.52 bits per heavy atom. The van der Waals surface area contributed by atoms with Crippen LogP contribution in [0.1, 0.15) is 32.0 Å². The predicted molar refractivity (Wildman–Crippen MR) is 102 cm³/mol. The van der Waals surface area contributed by atoms with E-state index in [0.29, 0.717) is 5.56 Å². The van der Waals surface area contributed by atoms with Gasteiger partial charge in [-0.3, -0.25) is 20.0 Å². The molecule has 0 saturated heterocycles. The van der Waals surface area contributed by atoms with Crippen LogP contribution in [0.4, 0.5) is 5.69 Å². The zero-order valence-electron chi connectivity index (χ0n) is 15.5. The number of benzene rings is 1. The fraction of sp³-hybridized carbons (Fsp3) is 0.375. The average molecular weight is 393 g/mol. The number of nitrogens with one attached hydrogen (secondary N) is 1. The van der Waals surface area contributed by atoms with Gasteiger partial charge in [-0.15, -0.1) is 0 Å². The lowest BCUT2D eigenvalue weighted by Gasteiger charge is -2.16. The Morgan fingerprint density at radius 2 is 2.00 bits per heavy atom. The topological polar surface area (TPSA) is 125 Å². The summed E-state index contributed by atoms with van der Waals surface area (Å²) in [6.45, 7) is 5.50. The highest BCUT2D eigenvalue weighted by Crippen LogP contribution is 2.37. The van der Waals surface area contributed by atoms with Crippen molar-refractivity contribution in [2.24, 2.45) is 5.10 Å². The number of nitro benzene ring substituents is 1. The number of aromatic amines is 1. The first-order valence-corrected chi connectivity index (χ1v) is 8.18. The molecule has 2 aromatic rings. The minimum absolute atomic E-state index is 0.000716. The zero-order valence-corrected chi connectivity index (χ0v) is 16.3. The Morgan fingerprint density at radius 1 is 1.33 bits per heavy atom. The van der Waals surface area contributed by atoms with Crippen molar-refractivity contribution in [2.45, 2.75) is 26.2 Å². The molecule has 144 valence electrons. The van der Waals surface area contributed by atoms with Crippen LogP contribution < -0.4 is 15.0 Å². The Kier molecular flexibility index (Phi) is 5.74. The standard InChI is InChI=1S/C16H19N5O5S/c1-16(2,3)13-14(22)20(15(27)19-18-13)17-8-9-6-10(21(23)24)12(26-5)11(7-9)25-4/h6-8H,1-5H3,(H,19,27)/b17-8-. The fourth-order valence-electron chi connectivity index (χ4n) is 2.28. The molecule has 0 spiro atoms. The van der Waals surface area contributed by atoms with Crippen molar-refractivity contribution >= 4 is 24.1 Å². The Labute approximate surface area is 159 Å². The van der Waals surface area contributed by atoms with Crippen molar-refractivity contribution < 1.29 is 14.4 Å². The van der Waals surface area contributed by atoms with E-state index < -0.39 is 15.9 Å².